The fourth-order valence-corrected chi connectivity index (χ4v) is 6.21. The van der Waals surface area contributed by atoms with Crippen LogP contribution in [-0.4, -0.2) is 77.4 Å². The number of aliphatic hydroxyl groups is 1. The molecule has 0 spiro atoms. The maximum absolute atomic E-state index is 14.1. The van der Waals surface area contributed by atoms with Crippen molar-refractivity contribution in [2.24, 2.45) is 11.8 Å². The minimum atomic E-state index is -1.50. The van der Waals surface area contributed by atoms with E-state index in [9.17, 15) is 19.5 Å². The van der Waals surface area contributed by atoms with Crippen molar-refractivity contribution in [3.05, 3.63) is 122 Å². The van der Waals surface area contributed by atoms with E-state index < -0.39 is 67.1 Å². The molecule has 0 aliphatic carbocycles. The van der Waals surface area contributed by atoms with Gasteiger partial charge in [-0.1, -0.05) is 54.6 Å². The average Bonchev–Trinajstić information content (AvgIpc) is 3.79. The van der Waals surface area contributed by atoms with Crippen LogP contribution in [0.25, 0.3) is 22.2 Å². The van der Waals surface area contributed by atoms with Gasteiger partial charge in [0.1, 0.15) is 17.1 Å². The molecule has 0 radical (unpaired) electrons. The number of carbonyl (C=O) groups excluding carboxylic acids is 3. The van der Waals surface area contributed by atoms with Crippen molar-refractivity contribution in [2.45, 2.75) is 56.4 Å². The molecule has 0 unspecified atom stereocenters. The third kappa shape index (κ3) is 8.71. The number of esters is 3. The SMILES string of the molecule is C=CC[C@@H](Cc1nc2ccccc2o1)C(=O)O[C@H]1[C@@H](OC(=O)[C@@H](CC=C)Cc2nc3ccccc3o2)[C@@H](CO)O[C@H](OC)[C@@H]1OC(=O)c1ccccc1. The average molecular weight is 725 g/mol. The van der Waals surface area contributed by atoms with E-state index in [1.54, 1.807) is 66.7 Å². The normalized spacial score (nSPS) is 21.1. The minimum absolute atomic E-state index is 0.0464. The Labute approximate surface area is 305 Å². The lowest BCUT2D eigenvalue weighted by atomic mass is 9.96. The Balaban J connectivity index is 1.31. The van der Waals surface area contributed by atoms with Gasteiger partial charge in [0.15, 0.2) is 47.5 Å². The van der Waals surface area contributed by atoms with Crippen LogP contribution in [0.3, 0.4) is 0 Å². The highest BCUT2D eigenvalue weighted by molar-refractivity contribution is 5.89. The first kappa shape index (κ1) is 37.1. The van der Waals surface area contributed by atoms with Crippen LogP contribution in [-0.2, 0) is 46.1 Å². The summed E-state index contributed by atoms with van der Waals surface area (Å²) in [6.45, 7) is 6.93. The van der Waals surface area contributed by atoms with Crippen molar-refractivity contribution < 1.29 is 52.0 Å². The number of aliphatic hydroxyl groups excluding tert-OH is 1. The number of para-hydroxylation sites is 4. The quantitative estimate of drug-likeness (QED) is 0.0764. The third-order valence-electron chi connectivity index (χ3n) is 8.85. The Morgan fingerprint density at radius 2 is 1.25 bits per heavy atom. The van der Waals surface area contributed by atoms with Crippen LogP contribution < -0.4 is 0 Å². The topological polar surface area (TPSA) is 170 Å². The first-order chi connectivity index (χ1) is 25.8. The number of carbonyl (C=O) groups is 3. The summed E-state index contributed by atoms with van der Waals surface area (Å²) in [5, 5.41) is 10.5. The Hall–Kier alpha value is -5.63. The molecule has 13 heteroatoms. The van der Waals surface area contributed by atoms with Crippen LogP contribution >= 0.6 is 0 Å². The molecule has 53 heavy (non-hydrogen) atoms. The van der Waals surface area contributed by atoms with Crippen LogP contribution in [0.1, 0.15) is 35.0 Å². The fraction of sp³-hybridized carbons (Fsp3) is 0.325. The predicted octanol–water partition coefficient (Wildman–Crippen LogP) is 5.55. The van der Waals surface area contributed by atoms with Crippen molar-refractivity contribution in [2.75, 3.05) is 13.7 Å². The molecule has 5 aromatic rings. The molecule has 6 rings (SSSR count). The van der Waals surface area contributed by atoms with Crippen molar-refractivity contribution in [3.8, 4) is 0 Å². The van der Waals surface area contributed by atoms with E-state index in [4.69, 9.17) is 32.5 Å². The second-order valence-electron chi connectivity index (χ2n) is 12.5. The predicted molar refractivity (Wildman–Crippen MR) is 190 cm³/mol. The van der Waals surface area contributed by atoms with Crippen LogP contribution in [0.15, 0.2) is 113 Å². The molecule has 0 bridgehead atoms. The standard InChI is InChI=1S/C40H40N2O11/c1-4-13-25(21-32-41-27-17-9-11-19-29(27)48-32)38(45)51-34-31(23-43)50-40(47-3)36(53-37(44)24-15-7-6-8-16-24)35(34)52-39(46)26(14-5-2)22-33-42-28-18-10-12-20-30(28)49-33/h4-12,15-20,25-26,31,34-36,40,43H,1-2,13-14,21-23H2,3H3/t25-,26-,31+,34-,35-,36+,40-/m0/s1. The zero-order valence-corrected chi connectivity index (χ0v) is 29.1. The van der Waals surface area contributed by atoms with E-state index in [1.807, 2.05) is 24.3 Å². The molecule has 13 nitrogen and oxygen atoms in total. The van der Waals surface area contributed by atoms with Crippen LogP contribution in [0.4, 0.5) is 0 Å². The zero-order chi connectivity index (χ0) is 37.3. The summed E-state index contributed by atoms with van der Waals surface area (Å²) in [6, 6.07) is 22.6. The maximum Gasteiger partial charge on any atom is 0.338 e. The summed E-state index contributed by atoms with van der Waals surface area (Å²) in [5.74, 6) is -3.35. The summed E-state index contributed by atoms with van der Waals surface area (Å²) in [7, 11) is 1.31. The Morgan fingerprint density at radius 1 is 0.736 bits per heavy atom. The first-order valence-electron chi connectivity index (χ1n) is 17.2. The number of ether oxygens (including phenoxy) is 5. The van der Waals surface area contributed by atoms with E-state index >= 15 is 0 Å². The number of rotatable bonds is 16. The lowest BCUT2D eigenvalue weighted by Crippen LogP contribution is -2.63. The molecule has 1 fully saturated rings. The van der Waals surface area contributed by atoms with E-state index in [0.717, 1.165) is 0 Å². The zero-order valence-electron chi connectivity index (χ0n) is 29.1. The number of methoxy groups -OCH3 is 1. The summed E-state index contributed by atoms with van der Waals surface area (Å²) in [6.07, 6.45) is -3.41. The minimum Gasteiger partial charge on any atom is -0.455 e. The number of aromatic nitrogens is 2. The summed E-state index contributed by atoms with van der Waals surface area (Å²) in [5.41, 5.74) is 2.56. The molecular formula is C40H40N2O11. The van der Waals surface area contributed by atoms with E-state index in [0.29, 0.717) is 34.0 Å². The number of oxazole rings is 2. The molecule has 3 aromatic carbocycles. The number of benzene rings is 3. The smallest absolute Gasteiger partial charge is 0.338 e. The Kier molecular flexibility index (Phi) is 12.1. The fourth-order valence-electron chi connectivity index (χ4n) is 6.21. The van der Waals surface area contributed by atoms with Crippen LogP contribution in [0.5, 0.6) is 0 Å². The molecule has 7 atom stereocenters. The van der Waals surface area contributed by atoms with Gasteiger partial charge in [0.05, 0.1) is 24.0 Å². The van der Waals surface area contributed by atoms with Crippen molar-refractivity contribution >= 4 is 40.1 Å². The van der Waals surface area contributed by atoms with Gasteiger partial charge in [-0.05, 0) is 49.2 Å². The molecule has 0 amide bonds. The molecule has 0 saturated carbocycles. The number of nitrogens with zero attached hydrogens (tertiary/aromatic N) is 2. The van der Waals surface area contributed by atoms with Gasteiger partial charge in [-0.15, -0.1) is 13.2 Å². The largest absolute Gasteiger partial charge is 0.455 e. The van der Waals surface area contributed by atoms with Crippen molar-refractivity contribution in [1.29, 1.82) is 0 Å². The highest BCUT2D eigenvalue weighted by Crippen LogP contribution is 2.32. The van der Waals surface area contributed by atoms with Crippen LogP contribution in [0.2, 0.25) is 0 Å². The van der Waals surface area contributed by atoms with Gasteiger partial charge < -0.3 is 37.6 Å². The van der Waals surface area contributed by atoms with Gasteiger partial charge >= 0.3 is 17.9 Å². The van der Waals surface area contributed by atoms with Crippen molar-refractivity contribution in [1.82, 2.24) is 9.97 Å². The van der Waals surface area contributed by atoms with E-state index in [2.05, 4.69) is 23.1 Å². The summed E-state index contributed by atoms with van der Waals surface area (Å²) < 4.78 is 41.4. The summed E-state index contributed by atoms with van der Waals surface area (Å²) >= 11 is 0. The van der Waals surface area contributed by atoms with E-state index in [1.165, 1.54) is 7.11 Å². The third-order valence-corrected chi connectivity index (χ3v) is 8.85. The molecule has 1 saturated heterocycles. The number of hydrogen-bond donors (Lipinski definition) is 1. The monoisotopic (exact) mass is 724 g/mol. The van der Waals surface area contributed by atoms with Gasteiger partial charge in [-0.25, -0.2) is 14.8 Å². The number of fused-ring (bicyclic) bond motifs is 2. The van der Waals surface area contributed by atoms with Gasteiger partial charge in [0, 0.05) is 20.0 Å². The lowest BCUT2D eigenvalue weighted by Gasteiger charge is -2.44. The van der Waals surface area contributed by atoms with Crippen molar-refractivity contribution in [3.63, 3.8) is 0 Å². The second-order valence-corrected chi connectivity index (χ2v) is 12.5. The van der Waals surface area contributed by atoms with Gasteiger partial charge in [-0.2, -0.15) is 0 Å². The molecule has 2 aromatic heterocycles. The molecule has 276 valence electrons. The van der Waals surface area contributed by atoms with Crippen LogP contribution in [0, 0.1) is 11.8 Å². The lowest BCUT2D eigenvalue weighted by molar-refractivity contribution is -0.300. The number of allylic oxidation sites excluding steroid dienone is 2. The first-order valence-corrected chi connectivity index (χ1v) is 17.2. The van der Waals surface area contributed by atoms with Gasteiger partial charge in [-0.3, -0.25) is 9.59 Å². The maximum atomic E-state index is 14.1. The molecular weight excluding hydrogens is 684 g/mol. The van der Waals surface area contributed by atoms with E-state index in [-0.39, 0.29) is 31.2 Å². The van der Waals surface area contributed by atoms with Gasteiger partial charge in [0.25, 0.3) is 0 Å². The molecule has 3 heterocycles. The summed E-state index contributed by atoms with van der Waals surface area (Å²) in [4.78, 5) is 50.5. The molecule has 1 N–H and O–H groups in total. The Morgan fingerprint density at radius 3 is 1.74 bits per heavy atom. The second kappa shape index (κ2) is 17.3. The van der Waals surface area contributed by atoms with Gasteiger partial charge in [0.2, 0.25) is 0 Å². The molecule has 1 aliphatic rings. The highest BCUT2D eigenvalue weighted by atomic mass is 16.7. The highest BCUT2D eigenvalue weighted by Gasteiger charge is 2.53. The molecule has 1 aliphatic heterocycles. The number of hydrogen-bond acceptors (Lipinski definition) is 13. The Bertz CT molecular complexity index is 1970.